The SMILES string of the molecule is CN(Cc1cccnc1)C(=O)C1CCN(C(=O)N2C[C@H]3C[C@H](C2)[C@H]2CCCC(=O)N2C3)CC1. The molecule has 33 heavy (non-hydrogen) atoms. The van der Waals surface area contributed by atoms with Crippen molar-refractivity contribution in [3.8, 4) is 0 Å². The summed E-state index contributed by atoms with van der Waals surface area (Å²) in [6.07, 6.45) is 8.83. The normalized spacial score (nSPS) is 27.8. The van der Waals surface area contributed by atoms with E-state index in [1.807, 2.05) is 29.0 Å². The van der Waals surface area contributed by atoms with Gasteiger partial charge in [-0.15, -0.1) is 0 Å². The van der Waals surface area contributed by atoms with Crippen LogP contribution in [0.25, 0.3) is 0 Å². The second-order valence-corrected chi connectivity index (χ2v) is 10.4. The van der Waals surface area contributed by atoms with E-state index in [0.717, 1.165) is 44.5 Å². The first kappa shape index (κ1) is 22.2. The van der Waals surface area contributed by atoms with Crippen LogP contribution in [0.2, 0.25) is 0 Å². The minimum Gasteiger partial charge on any atom is -0.341 e. The van der Waals surface area contributed by atoms with E-state index in [4.69, 9.17) is 0 Å². The number of nitrogens with zero attached hydrogens (tertiary/aromatic N) is 5. The molecule has 0 radical (unpaired) electrons. The average Bonchev–Trinajstić information content (AvgIpc) is 2.84. The summed E-state index contributed by atoms with van der Waals surface area (Å²) in [5.41, 5.74) is 1.02. The Hall–Kier alpha value is -2.64. The number of amides is 4. The van der Waals surface area contributed by atoms with Gasteiger partial charge in [0.2, 0.25) is 11.8 Å². The van der Waals surface area contributed by atoms with Gasteiger partial charge >= 0.3 is 6.03 Å². The fourth-order valence-corrected chi connectivity index (χ4v) is 6.44. The third-order valence-corrected chi connectivity index (χ3v) is 8.08. The summed E-state index contributed by atoms with van der Waals surface area (Å²) >= 11 is 0. The van der Waals surface area contributed by atoms with Crippen LogP contribution in [0.3, 0.4) is 0 Å². The lowest BCUT2D eigenvalue weighted by atomic mass is 9.76. The van der Waals surface area contributed by atoms with Crippen molar-refractivity contribution in [3.63, 3.8) is 0 Å². The van der Waals surface area contributed by atoms with E-state index in [-0.39, 0.29) is 17.9 Å². The van der Waals surface area contributed by atoms with Crippen LogP contribution in [0, 0.1) is 17.8 Å². The highest BCUT2D eigenvalue weighted by Gasteiger charge is 2.45. The van der Waals surface area contributed by atoms with Crippen molar-refractivity contribution in [2.45, 2.75) is 51.1 Å². The lowest BCUT2D eigenvalue weighted by molar-refractivity contribution is -0.144. The Morgan fingerprint density at radius 1 is 1.12 bits per heavy atom. The largest absolute Gasteiger partial charge is 0.341 e. The van der Waals surface area contributed by atoms with Crippen LogP contribution in [0.1, 0.15) is 44.1 Å². The minimum atomic E-state index is -0.0294. The number of urea groups is 1. The van der Waals surface area contributed by atoms with Gasteiger partial charge in [0.15, 0.2) is 0 Å². The first-order valence-corrected chi connectivity index (χ1v) is 12.5. The van der Waals surface area contributed by atoms with Gasteiger partial charge in [-0.3, -0.25) is 14.6 Å². The second-order valence-electron chi connectivity index (χ2n) is 10.4. The number of hydrogen-bond acceptors (Lipinski definition) is 4. The molecule has 0 unspecified atom stereocenters. The third kappa shape index (κ3) is 4.57. The van der Waals surface area contributed by atoms with Gasteiger partial charge in [-0.1, -0.05) is 6.07 Å². The second kappa shape index (κ2) is 9.31. The fourth-order valence-electron chi connectivity index (χ4n) is 6.44. The maximum absolute atomic E-state index is 13.3. The van der Waals surface area contributed by atoms with Crippen LogP contribution in [-0.4, -0.2) is 88.2 Å². The number of carbonyl (C=O) groups excluding carboxylic acids is 3. The molecule has 4 fully saturated rings. The number of aromatic nitrogens is 1. The Labute approximate surface area is 195 Å². The zero-order valence-corrected chi connectivity index (χ0v) is 19.6. The summed E-state index contributed by atoms with van der Waals surface area (Å²) in [6.45, 7) is 4.15. The van der Waals surface area contributed by atoms with Crippen molar-refractivity contribution in [2.24, 2.45) is 17.8 Å². The number of likely N-dealkylation sites (tertiary alicyclic amines) is 2. The van der Waals surface area contributed by atoms with E-state index in [1.165, 1.54) is 0 Å². The number of hydrogen-bond donors (Lipinski definition) is 0. The summed E-state index contributed by atoms with van der Waals surface area (Å²) < 4.78 is 0. The van der Waals surface area contributed by atoms with Gasteiger partial charge in [-0.05, 0) is 55.6 Å². The monoisotopic (exact) mass is 453 g/mol. The average molecular weight is 454 g/mol. The van der Waals surface area contributed by atoms with Crippen molar-refractivity contribution in [3.05, 3.63) is 30.1 Å². The van der Waals surface area contributed by atoms with E-state index in [1.54, 1.807) is 17.3 Å². The molecule has 178 valence electrons. The highest BCUT2D eigenvalue weighted by atomic mass is 16.2. The summed E-state index contributed by atoms with van der Waals surface area (Å²) in [6, 6.07) is 4.30. The molecular formula is C25H35N5O3. The molecule has 4 amide bonds. The van der Waals surface area contributed by atoms with Gasteiger partial charge in [0.05, 0.1) is 0 Å². The number of carbonyl (C=O) groups is 3. The first-order valence-electron chi connectivity index (χ1n) is 12.5. The predicted octanol–water partition coefficient (Wildman–Crippen LogP) is 2.20. The lowest BCUT2D eigenvalue weighted by Gasteiger charge is -2.53. The van der Waals surface area contributed by atoms with Gasteiger partial charge in [-0.2, -0.15) is 0 Å². The molecule has 8 nitrogen and oxygen atoms in total. The number of piperidine rings is 4. The van der Waals surface area contributed by atoms with Gasteiger partial charge in [-0.25, -0.2) is 4.79 Å². The summed E-state index contributed by atoms with van der Waals surface area (Å²) in [5.74, 6) is 1.23. The molecule has 0 saturated carbocycles. The Morgan fingerprint density at radius 3 is 2.70 bits per heavy atom. The molecule has 0 spiro atoms. The highest BCUT2D eigenvalue weighted by Crippen LogP contribution is 2.38. The maximum Gasteiger partial charge on any atom is 0.320 e. The topological polar surface area (TPSA) is 77.1 Å². The van der Waals surface area contributed by atoms with Gasteiger partial charge in [0.25, 0.3) is 0 Å². The van der Waals surface area contributed by atoms with Gasteiger partial charge in [0, 0.05) is 77.1 Å². The van der Waals surface area contributed by atoms with Crippen molar-refractivity contribution in [1.29, 1.82) is 0 Å². The van der Waals surface area contributed by atoms with Crippen LogP contribution in [-0.2, 0) is 16.1 Å². The fraction of sp³-hybridized carbons (Fsp3) is 0.680. The maximum atomic E-state index is 13.3. The quantitative estimate of drug-likeness (QED) is 0.703. The molecule has 4 aliphatic rings. The third-order valence-electron chi connectivity index (χ3n) is 8.08. The molecule has 5 rings (SSSR count). The van der Waals surface area contributed by atoms with Crippen LogP contribution in [0.4, 0.5) is 4.79 Å². The van der Waals surface area contributed by atoms with Crippen molar-refractivity contribution >= 4 is 17.8 Å². The van der Waals surface area contributed by atoms with E-state index in [0.29, 0.717) is 62.7 Å². The summed E-state index contributed by atoms with van der Waals surface area (Å²) in [4.78, 5) is 50.6. The Morgan fingerprint density at radius 2 is 1.94 bits per heavy atom. The molecule has 4 saturated heterocycles. The van der Waals surface area contributed by atoms with E-state index in [9.17, 15) is 14.4 Å². The highest BCUT2D eigenvalue weighted by molar-refractivity contribution is 5.80. The zero-order valence-electron chi connectivity index (χ0n) is 19.6. The number of pyridine rings is 1. The molecule has 5 heterocycles. The molecule has 4 aliphatic heterocycles. The van der Waals surface area contributed by atoms with Crippen molar-refractivity contribution < 1.29 is 14.4 Å². The van der Waals surface area contributed by atoms with Crippen LogP contribution in [0.5, 0.6) is 0 Å². The van der Waals surface area contributed by atoms with Crippen LogP contribution in [0.15, 0.2) is 24.5 Å². The van der Waals surface area contributed by atoms with Crippen molar-refractivity contribution in [2.75, 3.05) is 39.8 Å². The predicted molar refractivity (Wildman–Crippen MR) is 123 cm³/mol. The molecule has 0 N–H and O–H groups in total. The lowest BCUT2D eigenvalue weighted by Crippen LogP contribution is -2.62. The first-order chi connectivity index (χ1) is 16.0. The van der Waals surface area contributed by atoms with Crippen LogP contribution >= 0.6 is 0 Å². The molecule has 0 aliphatic carbocycles. The van der Waals surface area contributed by atoms with E-state index >= 15 is 0 Å². The Balaban J connectivity index is 1.13. The van der Waals surface area contributed by atoms with Gasteiger partial charge in [0.1, 0.15) is 0 Å². The molecular weight excluding hydrogens is 418 g/mol. The number of rotatable bonds is 3. The zero-order chi connectivity index (χ0) is 22.9. The molecule has 1 aromatic heterocycles. The minimum absolute atomic E-state index is 0.0294. The number of fused-ring (bicyclic) bond motifs is 4. The Kier molecular flexibility index (Phi) is 6.25. The standard InChI is InChI=1S/C25H35N5O3/c1-27(14-18-4-3-9-26-13-18)24(32)20-7-10-28(11-8-20)25(33)29-15-19-12-21(17-29)22-5-2-6-23(31)30(22)16-19/h3-4,9,13,19-22H,2,5-8,10-12,14-17H2,1H3/t19-,21-,22-/m1/s1. The van der Waals surface area contributed by atoms with Gasteiger partial charge < -0.3 is 19.6 Å². The summed E-state index contributed by atoms with van der Waals surface area (Å²) in [7, 11) is 1.85. The Bertz CT molecular complexity index is 885. The van der Waals surface area contributed by atoms with E-state index < -0.39 is 0 Å². The molecule has 1 aromatic rings. The molecule has 2 bridgehead atoms. The van der Waals surface area contributed by atoms with Crippen molar-refractivity contribution in [1.82, 2.24) is 24.6 Å². The summed E-state index contributed by atoms with van der Waals surface area (Å²) in [5, 5.41) is 0. The molecule has 0 aromatic carbocycles. The molecule has 3 atom stereocenters. The van der Waals surface area contributed by atoms with E-state index in [2.05, 4.69) is 9.88 Å². The smallest absolute Gasteiger partial charge is 0.320 e. The molecule has 8 heteroatoms. The van der Waals surface area contributed by atoms with Crippen LogP contribution < -0.4 is 0 Å².